The van der Waals surface area contributed by atoms with Gasteiger partial charge in [0.2, 0.25) is 17.7 Å². The Morgan fingerprint density at radius 1 is 1.14 bits per heavy atom. The van der Waals surface area contributed by atoms with Crippen molar-refractivity contribution in [1.82, 2.24) is 10.2 Å². The number of fused-ring (bicyclic) bond motifs is 2. The van der Waals surface area contributed by atoms with E-state index >= 15 is 0 Å². The molecule has 2 saturated heterocycles. The number of likely N-dealkylation sites (tertiary alicyclic amines) is 1. The largest absolute Gasteiger partial charge is 0.444 e. The number of carbonyl (C=O) groups is 4. The number of rotatable bonds is 3. The van der Waals surface area contributed by atoms with E-state index in [0.717, 1.165) is 29.7 Å². The van der Waals surface area contributed by atoms with Crippen LogP contribution in [0.4, 0.5) is 10.5 Å². The number of benzene rings is 1. The number of ether oxygens (including phenoxy) is 1. The lowest BCUT2D eigenvalue weighted by molar-refractivity contribution is -0.135. The molecule has 9 nitrogen and oxygen atoms in total. The Morgan fingerprint density at radius 2 is 1.83 bits per heavy atom. The van der Waals surface area contributed by atoms with Crippen LogP contribution < -0.4 is 10.2 Å². The summed E-state index contributed by atoms with van der Waals surface area (Å²) in [7, 11) is 0. The van der Waals surface area contributed by atoms with Crippen molar-refractivity contribution in [3.8, 4) is 0 Å². The third kappa shape index (κ3) is 4.30. The molecule has 1 unspecified atom stereocenters. The Hall–Kier alpha value is -2.94. The van der Waals surface area contributed by atoms with E-state index in [1.54, 1.807) is 9.80 Å². The molecule has 1 aromatic rings. The highest BCUT2D eigenvalue weighted by molar-refractivity contribution is 6.15. The molecule has 9 heteroatoms. The minimum absolute atomic E-state index is 0.0662. The topological polar surface area (TPSA) is 116 Å². The molecule has 35 heavy (non-hydrogen) atoms. The molecule has 1 spiro atoms. The summed E-state index contributed by atoms with van der Waals surface area (Å²) in [5.74, 6) is -0.794. The molecule has 3 aliphatic heterocycles. The summed E-state index contributed by atoms with van der Waals surface area (Å²) in [5, 5.41) is 13.6. The van der Waals surface area contributed by atoms with Crippen LogP contribution in [-0.2, 0) is 31.0 Å². The molecule has 188 valence electrons. The van der Waals surface area contributed by atoms with E-state index in [0.29, 0.717) is 38.8 Å². The Morgan fingerprint density at radius 3 is 2.43 bits per heavy atom. The fourth-order valence-corrected chi connectivity index (χ4v) is 5.58. The molecule has 0 aromatic heterocycles. The number of carbonyl (C=O) groups excluding carboxylic acids is 4. The van der Waals surface area contributed by atoms with Crippen molar-refractivity contribution in [3.63, 3.8) is 0 Å². The average Bonchev–Trinajstić information content (AvgIpc) is 3.53. The maximum Gasteiger partial charge on any atom is 0.410 e. The van der Waals surface area contributed by atoms with Crippen LogP contribution in [-0.4, -0.2) is 64.2 Å². The second kappa shape index (κ2) is 8.05. The second-order valence-corrected chi connectivity index (χ2v) is 11.4. The van der Waals surface area contributed by atoms with Crippen LogP contribution in [0.15, 0.2) is 18.2 Å². The molecule has 5 rings (SSSR count). The van der Waals surface area contributed by atoms with E-state index in [1.165, 1.54) is 0 Å². The van der Waals surface area contributed by atoms with E-state index in [9.17, 15) is 24.3 Å². The van der Waals surface area contributed by atoms with Crippen molar-refractivity contribution in [2.45, 2.75) is 88.4 Å². The molecule has 3 fully saturated rings. The summed E-state index contributed by atoms with van der Waals surface area (Å²) >= 11 is 0. The summed E-state index contributed by atoms with van der Waals surface area (Å²) in [6.07, 6.45) is 2.95. The van der Waals surface area contributed by atoms with Crippen molar-refractivity contribution in [2.75, 3.05) is 18.0 Å². The summed E-state index contributed by atoms with van der Waals surface area (Å²) in [5.41, 5.74) is 0.483. The van der Waals surface area contributed by atoms with Gasteiger partial charge in [-0.2, -0.15) is 0 Å². The Balaban J connectivity index is 1.31. The number of piperidine rings is 2. The number of anilines is 1. The predicted molar refractivity (Wildman–Crippen MR) is 127 cm³/mol. The standard InChI is InChI=1S/C26H33N3O6/c1-24(2,3)35-23(33)28-12-10-25(34,11-13-28)15-16-4-5-18-17(14-16)26(8-9-26)22(32)29(18)19-6-7-20(30)27-21(19)31/h4-5,14,19,34H,6-13,15H2,1-3H3,(H,27,30,31). The van der Waals surface area contributed by atoms with Crippen LogP contribution in [0.5, 0.6) is 0 Å². The number of aliphatic hydroxyl groups is 1. The minimum atomic E-state index is -0.949. The Kier molecular flexibility index (Phi) is 5.47. The summed E-state index contributed by atoms with van der Waals surface area (Å²) < 4.78 is 5.45. The molecule has 4 aliphatic rings. The van der Waals surface area contributed by atoms with Gasteiger partial charge >= 0.3 is 6.09 Å². The lowest BCUT2D eigenvalue weighted by atomic mass is 9.84. The first-order valence-electron chi connectivity index (χ1n) is 12.4. The zero-order chi connectivity index (χ0) is 25.2. The third-order valence-corrected chi connectivity index (χ3v) is 7.62. The summed E-state index contributed by atoms with van der Waals surface area (Å²) in [4.78, 5) is 53.1. The lowest BCUT2D eigenvalue weighted by Crippen LogP contribution is -2.54. The van der Waals surface area contributed by atoms with Gasteiger partial charge in [-0.3, -0.25) is 24.6 Å². The number of hydrogen-bond acceptors (Lipinski definition) is 6. The smallest absolute Gasteiger partial charge is 0.410 e. The number of amides is 4. The van der Waals surface area contributed by atoms with Crippen molar-refractivity contribution < 1.29 is 29.0 Å². The molecule has 0 bridgehead atoms. The maximum atomic E-state index is 13.4. The van der Waals surface area contributed by atoms with Crippen molar-refractivity contribution in [1.29, 1.82) is 0 Å². The predicted octanol–water partition coefficient (Wildman–Crippen LogP) is 2.17. The van der Waals surface area contributed by atoms with Crippen LogP contribution >= 0.6 is 0 Å². The van der Waals surface area contributed by atoms with Crippen LogP contribution in [0, 0.1) is 0 Å². The number of imide groups is 1. The molecule has 1 aromatic carbocycles. The van der Waals surface area contributed by atoms with Crippen molar-refractivity contribution in [3.05, 3.63) is 29.3 Å². The van der Waals surface area contributed by atoms with Crippen LogP contribution in [0.1, 0.15) is 70.4 Å². The molecule has 3 heterocycles. The normalized spacial score (nSPS) is 24.9. The molecule has 0 radical (unpaired) electrons. The van der Waals surface area contributed by atoms with E-state index in [4.69, 9.17) is 4.74 Å². The number of nitrogens with zero attached hydrogens (tertiary/aromatic N) is 2. The van der Waals surface area contributed by atoms with Gasteiger partial charge in [0.15, 0.2) is 0 Å². The first-order chi connectivity index (χ1) is 16.4. The molecular weight excluding hydrogens is 450 g/mol. The van der Waals surface area contributed by atoms with Gasteiger partial charge < -0.3 is 14.7 Å². The summed E-state index contributed by atoms with van der Waals surface area (Å²) in [6, 6.07) is 5.11. The SMILES string of the molecule is CC(C)(C)OC(=O)N1CCC(O)(Cc2ccc3c(c2)C2(CC2)C(=O)N3C2CCC(=O)NC2=O)CC1. The minimum Gasteiger partial charge on any atom is -0.444 e. The molecular formula is C26H33N3O6. The zero-order valence-electron chi connectivity index (χ0n) is 20.6. The fourth-order valence-electron chi connectivity index (χ4n) is 5.58. The molecule has 1 atom stereocenters. The van der Waals surface area contributed by atoms with Gasteiger partial charge in [-0.1, -0.05) is 12.1 Å². The molecule has 2 N–H and O–H groups in total. The van der Waals surface area contributed by atoms with Crippen LogP contribution in [0.3, 0.4) is 0 Å². The lowest BCUT2D eigenvalue weighted by Gasteiger charge is -2.38. The highest BCUT2D eigenvalue weighted by atomic mass is 16.6. The highest BCUT2D eigenvalue weighted by Crippen LogP contribution is 2.58. The van der Waals surface area contributed by atoms with E-state index < -0.39 is 28.6 Å². The average molecular weight is 484 g/mol. The first kappa shape index (κ1) is 23.8. The van der Waals surface area contributed by atoms with Crippen LogP contribution in [0.25, 0.3) is 0 Å². The summed E-state index contributed by atoms with van der Waals surface area (Å²) in [6.45, 7) is 6.33. The van der Waals surface area contributed by atoms with Gasteiger partial charge in [-0.15, -0.1) is 0 Å². The highest BCUT2D eigenvalue weighted by Gasteiger charge is 2.61. The van der Waals surface area contributed by atoms with Gasteiger partial charge in [0, 0.05) is 31.6 Å². The van der Waals surface area contributed by atoms with Gasteiger partial charge in [-0.05, 0) is 70.1 Å². The second-order valence-electron chi connectivity index (χ2n) is 11.4. The van der Waals surface area contributed by atoms with E-state index in [1.807, 2.05) is 39.0 Å². The Bertz CT molecular complexity index is 1090. The zero-order valence-corrected chi connectivity index (χ0v) is 20.6. The van der Waals surface area contributed by atoms with Gasteiger partial charge in [-0.25, -0.2) is 4.79 Å². The first-order valence-corrected chi connectivity index (χ1v) is 12.4. The van der Waals surface area contributed by atoms with Crippen molar-refractivity contribution >= 4 is 29.5 Å². The monoisotopic (exact) mass is 483 g/mol. The Labute approximate surface area is 204 Å². The van der Waals surface area contributed by atoms with Crippen molar-refractivity contribution in [2.24, 2.45) is 0 Å². The van der Waals surface area contributed by atoms with Gasteiger partial charge in [0.05, 0.1) is 11.0 Å². The molecule has 1 saturated carbocycles. The van der Waals surface area contributed by atoms with Gasteiger partial charge in [0.1, 0.15) is 11.6 Å². The van der Waals surface area contributed by atoms with Gasteiger partial charge in [0.25, 0.3) is 0 Å². The molecule has 1 aliphatic carbocycles. The number of nitrogens with one attached hydrogen (secondary N) is 1. The fraction of sp³-hybridized carbons (Fsp3) is 0.615. The quantitative estimate of drug-likeness (QED) is 0.637. The van der Waals surface area contributed by atoms with E-state index in [-0.39, 0.29) is 24.3 Å². The third-order valence-electron chi connectivity index (χ3n) is 7.62. The molecule has 4 amide bonds. The maximum absolute atomic E-state index is 13.4. The van der Waals surface area contributed by atoms with E-state index in [2.05, 4.69) is 5.32 Å². The number of hydrogen-bond donors (Lipinski definition) is 2. The van der Waals surface area contributed by atoms with Crippen LogP contribution in [0.2, 0.25) is 0 Å².